The molecule has 2 heterocycles. The first-order valence-electron chi connectivity index (χ1n) is 8.82. The first-order chi connectivity index (χ1) is 12.0. The van der Waals surface area contributed by atoms with E-state index >= 15 is 0 Å². The number of aromatic nitrogens is 1. The van der Waals surface area contributed by atoms with E-state index in [1.165, 1.54) is 19.3 Å². The summed E-state index contributed by atoms with van der Waals surface area (Å²) in [4.78, 5) is 19.4. The van der Waals surface area contributed by atoms with Crippen LogP contribution in [0.4, 0.5) is 5.69 Å². The highest BCUT2D eigenvalue weighted by atomic mass is 35.5. The van der Waals surface area contributed by atoms with Crippen molar-refractivity contribution in [1.29, 1.82) is 0 Å². The number of piperidine rings is 1. The number of amides is 1. The average Bonchev–Trinajstić information content (AvgIpc) is 2.63. The van der Waals surface area contributed by atoms with Gasteiger partial charge in [-0.05, 0) is 62.9 Å². The molecule has 0 aliphatic carbocycles. The van der Waals surface area contributed by atoms with Gasteiger partial charge in [0.05, 0.1) is 22.3 Å². The zero-order valence-electron chi connectivity index (χ0n) is 14.8. The van der Waals surface area contributed by atoms with Crippen molar-refractivity contribution in [2.24, 2.45) is 0 Å². The number of rotatable bonds is 4. The molecule has 0 spiro atoms. The molecule has 0 radical (unpaired) electrons. The van der Waals surface area contributed by atoms with Crippen LogP contribution in [-0.4, -0.2) is 24.0 Å². The van der Waals surface area contributed by atoms with Gasteiger partial charge in [0.1, 0.15) is 0 Å². The van der Waals surface area contributed by atoms with Crippen molar-refractivity contribution < 1.29 is 4.79 Å². The van der Waals surface area contributed by atoms with Gasteiger partial charge >= 0.3 is 0 Å². The van der Waals surface area contributed by atoms with Crippen LogP contribution in [0.5, 0.6) is 0 Å². The van der Waals surface area contributed by atoms with Gasteiger partial charge in [-0.25, -0.2) is 0 Å². The lowest BCUT2D eigenvalue weighted by atomic mass is 10.1. The Kier molecular flexibility index (Phi) is 5.59. The quantitative estimate of drug-likeness (QED) is 0.874. The molecule has 3 rings (SSSR count). The van der Waals surface area contributed by atoms with Gasteiger partial charge in [0, 0.05) is 25.0 Å². The smallest absolute Gasteiger partial charge is 0.253 e. The summed E-state index contributed by atoms with van der Waals surface area (Å²) >= 11 is 6.29. The van der Waals surface area contributed by atoms with Crippen LogP contribution in [0.15, 0.2) is 36.5 Å². The third kappa shape index (κ3) is 4.31. The second kappa shape index (κ2) is 7.87. The number of halogens is 1. The van der Waals surface area contributed by atoms with Crippen LogP contribution in [0.3, 0.4) is 0 Å². The topological polar surface area (TPSA) is 45.2 Å². The van der Waals surface area contributed by atoms with Crippen LogP contribution in [0.1, 0.15) is 53.8 Å². The summed E-state index contributed by atoms with van der Waals surface area (Å²) in [5.74, 6) is -0.168. The molecule has 1 atom stereocenters. The van der Waals surface area contributed by atoms with Gasteiger partial charge in [-0.1, -0.05) is 17.7 Å². The van der Waals surface area contributed by atoms with E-state index < -0.39 is 0 Å². The second-order valence-electron chi connectivity index (χ2n) is 6.67. The molecule has 0 bridgehead atoms. The third-order valence-electron chi connectivity index (χ3n) is 4.64. The van der Waals surface area contributed by atoms with Crippen molar-refractivity contribution in [3.63, 3.8) is 0 Å². The molecule has 4 nitrogen and oxygen atoms in total. The number of hydrogen-bond donors (Lipinski definition) is 1. The standard InChI is InChI=1S/C20H24ClN3O/c1-14-6-9-19(22-13-14)15(2)23-20(25)17-12-16(7-8-18(17)21)24-10-4-3-5-11-24/h6-9,12-13,15H,3-5,10-11H2,1-2H3,(H,23,25)/t15-/m0/s1. The summed E-state index contributed by atoms with van der Waals surface area (Å²) < 4.78 is 0. The van der Waals surface area contributed by atoms with Crippen molar-refractivity contribution in [3.05, 3.63) is 58.4 Å². The van der Waals surface area contributed by atoms with Crippen molar-refractivity contribution in [1.82, 2.24) is 10.3 Å². The van der Waals surface area contributed by atoms with Crippen molar-refractivity contribution in [2.75, 3.05) is 18.0 Å². The normalized spacial score (nSPS) is 15.7. The number of benzene rings is 1. The van der Waals surface area contributed by atoms with Crippen LogP contribution in [0.25, 0.3) is 0 Å². The van der Waals surface area contributed by atoms with E-state index in [0.29, 0.717) is 10.6 Å². The molecule has 132 valence electrons. The van der Waals surface area contributed by atoms with E-state index in [1.54, 1.807) is 0 Å². The molecule has 0 saturated carbocycles. The summed E-state index contributed by atoms with van der Waals surface area (Å²) in [6, 6.07) is 9.46. The summed E-state index contributed by atoms with van der Waals surface area (Å²) in [5.41, 5.74) is 3.51. The molecule has 1 aliphatic heterocycles. The Bertz CT molecular complexity index is 739. The molecule has 1 amide bonds. The summed E-state index contributed by atoms with van der Waals surface area (Å²) in [6.45, 7) is 5.99. The molecule has 5 heteroatoms. The fourth-order valence-electron chi connectivity index (χ4n) is 3.12. The molecule has 1 saturated heterocycles. The van der Waals surface area contributed by atoms with Crippen LogP contribution >= 0.6 is 11.6 Å². The summed E-state index contributed by atoms with van der Waals surface area (Å²) in [5, 5.41) is 3.47. The Balaban J connectivity index is 1.75. The zero-order valence-corrected chi connectivity index (χ0v) is 15.5. The van der Waals surface area contributed by atoms with Crippen molar-refractivity contribution >= 4 is 23.2 Å². The molecule has 1 aromatic heterocycles. The van der Waals surface area contributed by atoms with Crippen LogP contribution in [-0.2, 0) is 0 Å². The highest BCUT2D eigenvalue weighted by Gasteiger charge is 2.18. The minimum absolute atomic E-state index is 0.168. The number of carbonyl (C=O) groups is 1. The van der Waals surface area contributed by atoms with Gasteiger partial charge in [-0.15, -0.1) is 0 Å². The van der Waals surface area contributed by atoms with Gasteiger partial charge in [-0.2, -0.15) is 0 Å². The number of anilines is 1. The number of hydrogen-bond acceptors (Lipinski definition) is 3. The lowest BCUT2D eigenvalue weighted by Gasteiger charge is -2.29. The molecular weight excluding hydrogens is 334 g/mol. The van der Waals surface area contributed by atoms with Crippen LogP contribution in [0.2, 0.25) is 5.02 Å². The molecule has 1 aliphatic rings. The summed E-state index contributed by atoms with van der Waals surface area (Å²) in [6.07, 6.45) is 5.47. The number of nitrogens with zero attached hydrogens (tertiary/aromatic N) is 2. The number of pyridine rings is 1. The Hall–Kier alpha value is -2.07. The second-order valence-corrected chi connectivity index (χ2v) is 7.07. The first-order valence-corrected chi connectivity index (χ1v) is 9.20. The lowest BCUT2D eigenvalue weighted by molar-refractivity contribution is 0.0939. The highest BCUT2D eigenvalue weighted by molar-refractivity contribution is 6.34. The highest BCUT2D eigenvalue weighted by Crippen LogP contribution is 2.26. The van der Waals surface area contributed by atoms with E-state index in [9.17, 15) is 4.79 Å². The predicted molar refractivity (Wildman–Crippen MR) is 102 cm³/mol. The molecule has 0 unspecified atom stereocenters. The maximum Gasteiger partial charge on any atom is 0.253 e. The van der Waals surface area contributed by atoms with Gasteiger partial charge in [0.15, 0.2) is 0 Å². The molecule has 1 N–H and O–H groups in total. The largest absolute Gasteiger partial charge is 0.372 e. The van der Waals surface area contributed by atoms with Crippen molar-refractivity contribution in [3.8, 4) is 0 Å². The van der Waals surface area contributed by atoms with Gasteiger partial charge in [-0.3, -0.25) is 9.78 Å². The molecule has 1 aromatic carbocycles. The van der Waals surface area contributed by atoms with E-state index in [4.69, 9.17) is 11.6 Å². The minimum Gasteiger partial charge on any atom is -0.372 e. The lowest BCUT2D eigenvalue weighted by Crippen LogP contribution is -2.30. The van der Waals surface area contributed by atoms with Crippen LogP contribution < -0.4 is 10.2 Å². The third-order valence-corrected chi connectivity index (χ3v) is 4.97. The fraction of sp³-hybridized carbons (Fsp3) is 0.400. The minimum atomic E-state index is -0.178. The van der Waals surface area contributed by atoms with Crippen molar-refractivity contribution in [2.45, 2.75) is 39.2 Å². The Morgan fingerprint density at radius 3 is 2.64 bits per heavy atom. The maximum absolute atomic E-state index is 12.7. The van der Waals surface area contributed by atoms with Gasteiger partial charge < -0.3 is 10.2 Å². The first kappa shape index (κ1) is 17.7. The Labute approximate surface area is 154 Å². The molecule has 25 heavy (non-hydrogen) atoms. The van der Waals surface area contributed by atoms with E-state index in [-0.39, 0.29) is 11.9 Å². The summed E-state index contributed by atoms with van der Waals surface area (Å²) in [7, 11) is 0. The number of carbonyl (C=O) groups excluding carboxylic acids is 1. The van der Waals surface area contributed by atoms with E-state index in [0.717, 1.165) is 30.0 Å². The SMILES string of the molecule is Cc1ccc([C@H](C)NC(=O)c2cc(N3CCCCC3)ccc2Cl)nc1. The molecular formula is C20H24ClN3O. The number of nitrogens with one attached hydrogen (secondary N) is 1. The maximum atomic E-state index is 12.7. The number of aryl methyl sites for hydroxylation is 1. The molecule has 2 aromatic rings. The Morgan fingerprint density at radius 1 is 1.20 bits per heavy atom. The van der Waals surface area contributed by atoms with Gasteiger partial charge in [0.2, 0.25) is 0 Å². The van der Waals surface area contributed by atoms with Crippen LogP contribution in [0, 0.1) is 6.92 Å². The predicted octanol–water partition coefficient (Wildman–Crippen LogP) is 4.52. The van der Waals surface area contributed by atoms with E-state index in [1.807, 2.05) is 50.4 Å². The Morgan fingerprint density at radius 2 is 1.96 bits per heavy atom. The zero-order chi connectivity index (χ0) is 17.8. The monoisotopic (exact) mass is 357 g/mol. The van der Waals surface area contributed by atoms with Gasteiger partial charge in [0.25, 0.3) is 5.91 Å². The average molecular weight is 358 g/mol. The fourth-order valence-corrected chi connectivity index (χ4v) is 3.32. The van der Waals surface area contributed by atoms with E-state index in [2.05, 4.69) is 15.2 Å². The molecule has 1 fully saturated rings.